The number of nitrogens with one attached hydrogen (secondary N) is 1. The molecule has 0 spiro atoms. The number of hydrogen-bond acceptors (Lipinski definition) is 3. The fourth-order valence-electron chi connectivity index (χ4n) is 1.83. The second-order valence-corrected chi connectivity index (χ2v) is 4.86. The van der Waals surface area contributed by atoms with Gasteiger partial charge < -0.3 is 10.2 Å². The normalized spacial score (nSPS) is 10.9. The van der Waals surface area contributed by atoms with Crippen LogP contribution in [-0.4, -0.2) is 24.6 Å². The fourth-order valence-corrected chi connectivity index (χ4v) is 2.00. The first-order valence-corrected chi connectivity index (χ1v) is 6.53. The van der Waals surface area contributed by atoms with E-state index in [-0.39, 0.29) is 0 Å². The van der Waals surface area contributed by atoms with E-state index in [4.69, 9.17) is 11.6 Å². The number of aromatic nitrogens is 1. The molecule has 0 bridgehead atoms. The minimum atomic E-state index is 0.450. The summed E-state index contributed by atoms with van der Waals surface area (Å²) in [6.45, 7) is 8.34. The Balaban J connectivity index is 2.99. The van der Waals surface area contributed by atoms with Crippen LogP contribution in [0.15, 0.2) is 12.3 Å². The lowest BCUT2D eigenvalue weighted by Gasteiger charge is -2.28. The molecule has 1 aromatic rings. The summed E-state index contributed by atoms with van der Waals surface area (Å²) >= 11 is 6.12. The van der Waals surface area contributed by atoms with Crippen LogP contribution < -0.4 is 10.2 Å². The quantitative estimate of drug-likeness (QED) is 0.847. The van der Waals surface area contributed by atoms with Gasteiger partial charge in [-0.05, 0) is 38.9 Å². The molecule has 0 saturated heterocycles. The van der Waals surface area contributed by atoms with Gasteiger partial charge in [-0.3, -0.25) is 0 Å². The van der Waals surface area contributed by atoms with Crippen molar-refractivity contribution >= 4 is 17.4 Å². The lowest BCUT2D eigenvalue weighted by Crippen LogP contribution is -2.32. The van der Waals surface area contributed by atoms with Crippen molar-refractivity contribution in [3.8, 4) is 0 Å². The van der Waals surface area contributed by atoms with Crippen LogP contribution in [-0.2, 0) is 6.54 Å². The third kappa shape index (κ3) is 3.86. The van der Waals surface area contributed by atoms with Crippen LogP contribution in [0.1, 0.15) is 32.8 Å². The number of nitrogens with zero attached hydrogens (tertiary/aromatic N) is 2. The number of pyridine rings is 1. The Morgan fingerprint density at radius 2 is 2.18 bits per heavy atom. The molecule has 3 nitrogen and oxygen atoms in total. The van der Waals surface area contributed by atoms with E-state index in [1.807, 2.05) is 7.05 Å². The molecular formula is C13H22ClN3. The Labute approximate surface area is 109 Å². The average Bonchev–Trinajstić information content (AvgIpc) is 2.29. The van der Waals surface area contributed by atoms with E-state index < -0.39 is 0 Å². The summed E-state index contributed by atoms with van der Waals surface area (Å²) < 4.78 is 0. The van der Waals surface area contributed by atoms with Crippen LogP contribution in [0.25, 0.3) is 0 Å². The number of halogens is 1. The standard InChI is InChI=1S/C13H22ClN3/c1-5-6-17(10(2)3)13-7-11(8-15-4)12(14)9-16-13/h7,9-10,15H,5-6,8H2,1-4H3. The number of hydrogen-bond donors (Lipinski definition) is 1. The van der Waals surface area contributed by atoms with Gasteiger partial charge in [0.05, 0.1) is 5.02 Å². The van der Waals surface area contributed by atoms with Crippen molar-refractivity contribution in [1.82, 2.24) is 10.3 Å². The van der Waals surface area contributed by atoms with Crippen molar-refractivity contribution in [2.75, 3.05) is 18.5 Å². The highest BCUT2D eigenvalue weighted by Gasteiger charge is 2.12. The van der Waals surface area contributed by atoms with Crippen LogP contribution in [0.4, 0.5) is 5.82 Å². The maximum atomic E-state index is 6.12. The first kappa shape index (κ1) is 14.3. The van der Waals surface area contributed by atoms with Gasteiger partial charge in [0.25, 0.3) is 0 Å². The third-order valence-corrected chi connectivity index (χ3v) is 3.01. The summed E-state index contributed by atoms with van der Waals surface area (Å²) in [4.78, 5) is 6.73. The molecular weight excluding hydrogens is 234 g/mol. The van der Waals surface area contributed by atoms with E-state index in [2.05, 4.69) is 42.0 Å². The van der Waals surface area contributed by atoms with Gasteiger partial charge in [-0.2, -0.15) is 0 Å². The third-order valence-electron chi connectivity index (χ3n) is 2.67. The fraction of sp³-hybridized carbons (Fsp3) is 0.615. The molecule has 1 heterocycles. The highest BCUT2D eigenvalue weighted by Crippen LogP contribution is 2.22. The molecule has 1 N–H and O–H groups in total. The van der Waals surface area contributed by atoms with Crippen molar-refractivity contribution in [3.05, 3.63) is 22.8 Å². The van der Waals surface area contributed by atoms with E-state index in [1.165, 1.54) is 0 Å². The summed E-state index contributed by atoms with van der Waals surface area (Å²) in [5, 5.41) is 3.85. The van der Waals surface area contributed by atoms with Gasteiger partial charge >= 0.3 is 0 Å². The van der Waals surface area contributed by atoms with Gasteiger partial charge in [-0.15, -0.1) is 0 Å². The Bertz CT molecular complexity index is 353. The molecule has 0 aliphatic carbocycles. The molecule has 0 aliphatic heterocycles. The molecule has 0 aliphatic rings. The molecule has 4 heteroatoms. The van der Waals surface area contributed by atoms with Crippen LogP contribution in [0.3, 0.4) is 0 Å². The van der Waals surface area contributed by atoms with Crippen LogP contribution >= 0.6 is 11.6 Å². The van der Waals surface area contributed by atoms with Gasteiger partial charge in [-0.1, -0.05) is 18.5 Å². The predicted molar refractivity (Wildman–Crippen MR) is 74.8 cm³/mol. The second kappa shape index (κ2) is 6.82. The van der Waals surface area contributed by atoms with E-state index in [0.717, 1.165) is 35.9 Å². The van der Waals surface area contributed by atoms with E-state index in [9.17, 15) is 0 Å². The summed E-state index contributed by atoms with van der Waals surface area (Å²) in [5.41, 5.74) is 1.10. The van der Waals surface area contributed by atoms with E-state index >= 15 is 0 Å². The Hall–Kier alpha value is -0.800. The zero-order chi connectivity index (χ0) is 12.8. The Morgan fingerprint density at radius 1 is 1.47 bits per heavy atom. The largest absolute Gasteiger partial charge is 0.354 e. The topological polar surface area (TPSA) is 28.2 Å². The predicted octanol–water partition coefficient (Wildman–Crippen LogP) is 3.08. The molecule has 1 rings (SSSR count). The monoisotopic (exact) mass is 255 g/mol. The average molecular weight is 256 g/mol. The van der Waals surface area contributed by atoms with Crippen molar-refractivity contribution in [2.45, 2.75) is 39.8 Å². The van der Waals surface area contributed by atoms with E-state index in [1.54, 1.807) is 6.20 Å². The van der Waals surface area contributed by atoms with Crippen molar-refractivity contribution < 1.29 is 0 Å². The second-order valence-electron chi connectivity index (χ2n) is 4.45. The molecule has 1 aromatic heterocycles. The Morgan fingerprint density at radius 3 is 2.71 bits per heavy atom. The molecule has 17 heavy (non-hydrogen) atoms. The summed E-state index contributed by atoms with van der Waals surface area (Å²) in [5.74, 6) is 1.01. The zero-order valence-electron chi connectivity index (χ0n) is 11.1. The minimum Gasteiger partial charge on any atom is -0.354 e. The van der Waals surface area contributed by atoms with Crippen molar-refractivity contribution in [2.24, 2.45) is 0 Å². The van der Waals surface area contributed by atoms with Gasteiger partial charge in [0, 0.05) is 25.3 Å². The highest BCUT2D eigenvalue weighted by molar-refractivity contribution is 6.31. The molecule has 0 amide bonds. The maximum absolute atomic E-state index is 6.12. The maximum Gasteiger partial charge on any atom is 0.129 e. The summed E-state index contributed by atoms with van der Waals surface area (Å²) in [6, 6.07) is 2.53. The molecule has 96 valence electrons. The molecule has 0 atom stereocenters. The smallest absolute Gasteiger partial charge is 0.129 e. The Kier molecular flexibility index (Phi) is 5.72. The molecule has 0 radical (unpaired) electrons. The summed E-state index contributed by atoms with van der Waals surface area (Å²) in [6.07, 6.45) is 2.86. The van der Waals surface area contributed by atoms with Crippen LogP contribution in [0.5, 0.6) is 0 Å². The highest BCUT2D eigenvalue weighted by atomic mass is 35.5. The first-order valence-electron chi connectivity index (χ1n) is 6.15. The van der Waals surface area contributed by atoms with Gasteiger partial charge in [0.1, 0.15) is 5.82 Å². The van der Waals surface area contributed by atoms with Gasteiger partial charge in [-0.25, -0.2) is 4.98 Å². The summed E-state index contributed by atoms with van der Waals surface area (Å²) in [7, 11) is 1.92. The lowest BCUT2D eigenvalue weighted by atomic mass is 10.2. The number of anilines is 1. The molecule has 0 saturated carbocycles. The molecule has 0 unspecified atom stereocenters. The minimum absolute atomic E-state index is 0.450. The van der Waals surface area contributed by atoms with Crippen LogP contribution in [0, 0.1) is 0 Å². The van der Waals surface area contributed by atoms with Crippen molar-refractivity contribution in [1.29, 1.82) is 0 Å². The molecule has 0 fully saturated rings. The van der Waals surface area contributed by atoms with Crippen molar-refractivity contribution in [3.63, 3.8) is 0 Å². The van der Waals surface area contributed by atoms with Gasteiger partial charge in [0.15, 0.2) is 0 Å². The lowest BCUT2D eigenvalue weighted by molar-refractivity contribution is 0.661. The number of rotatable bonds is 6. The van der Waals surface area contributed by atoms with Gasteiger partial charge in [0.2, 0.25) is 0 Å². The van der Waals surface area contributed by atoms with E-state index in [0.29, 0.717) is 6.04 Å². The SMILES string of the molecule is CCCN(c1cc(CNC)c(Cl)cn1)C(C)C. The molecule has 0 aromatic carbocycles. The van der Waals surface area contributed by atoms with Crippen LogP contribution in [0.2, 0.25) is 5.02 Å². The first-order chi connectivity index (χ1) is 8.10. The zero-order valence-corrected chi connectivity index (χ0v) is 11.9.